The molecule has 0 saturated heterocycles. The molecule has 5 nitrogen and oxygen atoms in total. The lowest BCUT2D eigenvalue weighted by atomic mass is 9.96. The maximum atomic E-state index is 13.1. The van der Waals surface area contributed by atoms with Crippen molar-refractivity contribution in [3.63, 3.8) is 0 Å². The second-order valence-electron chi connectivity index (χ2n) is 5.74. The molecular weight excluding hydrogens is 362 g/mol. The number of sulfonamides is 1. The van der Waals surface area contributed by atoms with E-state index in [2.05, 4.69) is 0 Å². The van der Waals surface area contributed by atoms with Crippen LogP contribution in [0.25, 0.3) is 0 Å². The first-order valence-corrected chi connectivity index (χ1v) is 9.76. The molecule has 0 bridgehead atoms. The molecular formula is C18H18ClNO4S. The standard InChI is InChI=1S/C18H18ClNO4S/c1-2-24-18(21)17-11-13-5-3-4-6-14(13)12-20(17)25(22,23)16-9-7-15(19)8-10-16/h3-10,17H,2,11-12H2,1H3/t17-/m1/s1. The van der Waals surface area contributed by atoms with Gasteiger partial charge in [-0.2, -0.15) is 4.31 Å². The fraction of sp³-hybridized carbons (Fsp3) is 0.278. The topological polar surface area (TPSA) is 63.7 Å². The SMILES string of the molecule is CCOC(=O)[C@H]1Cc2ccccc2CN1S(=O)(=O)c1ccc(Cl)cc1. The lowest BCUT2D eigenvalue weighted by Crippen LogP contribution is -2.49. The van der Waals surface area contributed by atoms with Crippen LogP contribution in [0.5, 0.6) is 0 Å². The van der Waals surface area contributed by atoms with Crippen LogP contribution in [0.1, 0.15) is 18.1 Å². The maximum absolute atomic E-state index is 13.1. The molecule has 0 aromatic heterocycles. The number of carbonyl (C=O) groups excluding carboxylic acids is 1. The quantitative estimate of drug-likeness (QED) is 0.766. The summed E-state index contributed by atoms with van der Waals surface area (Å²) in [4.78, 5) is 12.5. The van der Waals surface area contributed by atoms with Gasteiger partial charge in [-0.15, -0.1) is 0 Å². The number of rotatable bonds is 4. The molecule has 2 aromatic carbocycles. The van der Waals surface area contributed by atoms with Crippen molar-refractivity contribution < 1.29 is 17.9 Å². The molecule has 0 N–H and O–H groups in total. The van der Waals surface area contributed by atoms with Crippen molar-refractivity contribution >= 4 is 27.6 Å². The van der Waals surface area contributed by atoms with Gasteiger partial charge < -0.3 is 4.74 Å². The molecule has 1 atom stereocenters. The van der Waals surface area contributed by atoms with E-state index in [1.54, 1.807) is 6.92 Å². The molecule has 0 aliphatic carbocycles. The summed E-state index contributed by atoms with van der Waals surface area (Å²) >= 11 is 5.85. The highest BCUT2D eigenvalue weighted by molar-refractivity contribution is 7.89. The van der Waals surface area contributed by atoms with Gasteiger partial charge in [0, 0.05) is 18.0 Å². The number of halogens is 1. The Hall–Kier alpha value is -1.89. The van der Waals surface area contributed by atoms with Gasteiger partial charge in [0.05, 0.1) is 11.5 Å². The molecule has 132 valence electrons. The van der Waals surface area contributed by atoms with Crippen molar-refractivity contribution in [2.45, 2.75) is 30.8 Å². The molecule has 2 aromatic rings. The molecule has 0 unspecified atom stereocenters. The first-order valence-electron chi connectivity index (χ1n) is 7.94. The number of ether oxygens (including phenoxy) is 1. The summed E-state index contributed by atoms with van der Waals surface area (Å²) < 4.78 is 32.5. The lowest BCUT2D eigenvalue weighted by Gasteiger charge is -2.34. The number of esters is 1. The highest BCUT2D eigenvalue weighted by Crippen LogP contribution is 2.30. The molecule has 7 heteroatoms. The molecule has 0 fully saturated rings. The van der Waals surface area contributed by atoms with Gasteiger partial charge >= 0.3 is 5.97 Å². The van der Waals surface area contributed by atoms with Crippen molar-refractivity contribution in [3.05, 3.63) is 64.7 Å². The van der Waals surface area contributed by atoms with Crippen LogP contribution < -0.4 is 0 Å². The van der Waals surface area contributed by atoms with Crippen LogP contribution in [-0.2, 0) is 32.5 Å². The average molecular weight is 380 g/mol. The molecule has 0 saturated carbocycles. The minimum Gasteiger partial charge on any atom is -0.465 e. The van der Waals surface area contributed by atoms with Crippen LogP contribution in [0.4, 0.5) is 0 Å². The van der Waals surface area contributed by atoms with Gasteiger partial charge in [0.2, 0.25) is 10.0 Å². The van der Waals surface area contributed by atoms with Crippen molar-refractivity contribution in [2.75, 3.05) is 6.61 Å². The summed E-state index contributed by atoms with van der Waals surface area (Å²) in [5.41, 5.74) is 1.85. The Labute approximate surface area is 152 Å². The summed E-state index contributed by atoms with van der Waals surface area (Å²) in [5.74, 6) is -0.533. The van der Waals surface area contributed by atoms with Crippen molar-refractivity contribution in [1.82, 2.24) is 4.31 Å². The normalized spacial score (nSPS) is 17.8. The predicted molar refractivity (Wildman–Crippen MR) is 94.7 cm³/mol. The molecule has 25 heavy (non-hydrogen) atoms. The van der Waals surface area contributed by atoms with E-state index < -0.39 is 22.0 Å². The average Bonchev–Trinajstić information content (AvgIpc) is 2.61. The van der Waals surface area contributed by atoms with Gasteiger partial charge in [-0.25, -0.2) is 8.42 Å². The first-order chi connectivity index (χ1) is 11.9. The predicted octanol–water partition coefficient (Wildman–Crippen LogP) is 3.02. The summed E-state index contributed by atoms with van der Waals surface area (Å²) in [6.07, 6.45) is 0.293. The van der Waals surface area contributed by atoms with Gasteiger partial charge in [0.1, 0.15) is 6.04 Å². The first kappa shape index (κ1) is 17.9. The van der Waals surface area contributed by atoms with Gasteiger partial charge in [0.15, 0.2) is 0 Å². The van der Waals surface area contributed by atoms with Crippen LogP contribution in [0.2, 0.25) is 5.02 Å². The van der Waals surface area contributed by atoms with Crippen molar-refractivity contribution in [2.24, 2.45) is 0 Å². The Bertz CT molecular complexity index is 880. The second kappa shape index (κ2) is 7.15. The Kier molecular flexibility index (Phi) is 5.13. The zero-order valence-electron chi connectivity index (χ0n) is 13.7. The van der Waals surface area contributed by atoms with Gasteiger partial charge in [-0.1, -0.05) is 35.9 Å². The minimum absolute atomic E-state index is 0.102. The summed E-state index contributed by atoms with van der Waals surface area (Å²) in [6, 6.07) is 12.6. The number of fused-ring (bicyclic) bond motifs is 1. The molecule has 1 aliphatic rings. The number of nitrogens with zero attached hydrogens (tertiary/aromatic N) is 1. The molecule has 0 amide bonds. The largest absolute Gasteiger partial charge is 0.465 e. The monoisotopic (exact) mass is 379 g/mol. The molecule has 1 aliphatic heterocycles. The third-order valence-electron chi connectivity index (χ3n) is 4.18. The number of benzene rings is 2. The smallest absolute Gasteiger partial charge is 0.324 e. The van der Waals surface area contributed by atoms with Crippen LogP contribution in [0, 0.1) is 0 Å². The van der Waals surface area contributed by atoms with E-state index in [1.807, 2.05) is 24.3 Å². The van der Waals surface area contributed by atoms with E-state index in [0.29, 0.717) is 11.4 Å². The molecule has 0 spiro atoms. The second-order valence-corrected chi connectivity index (χ2v) is 8.07. The van der Waals surface area contributed by atoms with E-state index in [9.17, 15) is 13.2 Å². The Morgan fingerprint density at radius 1 is 1.16 bits per heavy atom. The highest BCUT2D eigenvalue weighted by Gasteiger charge is 2.40. The zero-order valence-corrected chi connectivity index (χ0v) is 15.3. The summed E-state index contributed by atoms with van der Waals surface area (Å²) in [7, 11) is -3.86. The fourth-order valence-corrected chi connectivity index (χ4v) is 4.61. The van der Waals surface area contributed by atoms with E-state index in [1.165, 1.54) is 28.6 Å². The molecule has 3 rings (SSSR count). The van der Waals surface area contributed by atoms with E-state index in [0.717, 1.165) is 11.1 Å². The summed E-state index contributed by atoms with van der Waals surface area (Å²) in [5, 5.41) is 0.449. The maximum Gasteiger partial charge on any atom is 0.324 e. The lowest BCUT2D eigenvalue weighted by molar-refractivity contribution is -0.148. The van der Waals surface area contributed by atoms with Crippen LogP contribution in [-0.4, -0.2) is 31.3 Å². The van der Waals surface area contributed by atoms with Gasteiger partial charge in [0.25, 0.3) is 0 Å². The Morgan fingerprint density at radius 2 is 1.80 bits per heavy atom. The zero-order chi connectivity index (χ0) is 18.0. The van der Waals surface area contributed by atoms with E-state index in [4.69, 9.17) is 16.3 Å². The van der Waals surface area contributed by atoms with Crippen molar-refractivity contribution in [1.29, 1.82) is 0 Å². The van der Waals surface area contributed by atoms with E-state index >= 15 is 0 Å². The third kappa shape index (κ3) is 3.56. The molecule has 1 heterocycles. The van der Waals surface area contributed by atoms with Crippen LogP contribution in [0.15, 0.2) is 53.4 Å². The summed E-state index contributed by atoms with van der Waals surface area (Å²) in [6.45, 7) is 2.03. The highest BCUT2D eigenvalue weighted by atomic mass is 35.5. The van der Waals surface area contributed by atoms with Crippen LogP contribution >= 0.6 is 11.6 Å². The van der Waals surface area contributed by atoms with Crippen molar-refractivity contribution in [3.8, 4) is 0 Å². The number of hydrogen-bond acceptors (Lipinski definition) is 4. The minimum atomic E-state index is -3.86. The molecule has 0 radical (unpaired) electrons. The third-order valence-corrected chi connectivity index (χ3v) is 6.31. The van der Waals surface area contributed by atoms with Gasteiger partial charge in [-0.05, 0) is 42.3 Å². The van der Waals surface area contributed by atoms with E-state index in [-0.39, 0.29) is 18.0 Å². The Morgan fingerprint density at radius 3 is 2.44 bits per heavy atom. The Balaban J connectivity index is 2.03. The number of carbonyl (C=O) groups is 1. The fourth-order valence-electron chi connectivity index (χ4n) is 2.93. The van der Waals surface area contributed by atoms with Crippen LogP contribution in [0.3, 0.4) is 0 Å². The van der Waals surface area contributed by atoms with Gasteiger partial charge in [-0.3, -0.25) is 4.79 Å². The number of hydrogen-bond donors (Lipinski definition) is 0.